The Kier molecular flexibility index (Phi) is 5.94. The van der Waals surface area contributed by atoms with Crippen molar-refractivity contribution < 1.29 is 27.3 Å². The molecule has 3 aromatic rings. The summed E-state index contributed by atoms with van der Waals surface area (Å²) in [6.07, 6.45) is 0.0787. The maximum Gasteiger partial charge on any atom is 0.339 e. The van der Waals surface area contributed by atoms with E-state index in [9.17, 15) is 18.0 Å². The van der Waals surface area contributed by atoms with Crippen molar-refractivity contribution in [1.82, 2.24) is 14.4 Å². The molecule has 1 atom stereocenters. The lowest BCUT2D eigenvalue weighted by atomic mass is 9.93. The number of cyclic esters (lactones) is 1. The van der Waals surface area contributed by atoms with E-state index in [2.05, 4.69) is 5.16 Å². The smallest absolute Gasteiger partial charge is 0.339 e. The van der Waals surface area contributed by atoms with E-state index in [4.69, 9.17) is 9.26 Å². The second-order valence-corrected chi connectivity index (χ2v) is 10.6. The Bertz CT molecular complexity index is 1370. The second kappa shape index (κ2) is 8.94. The van der Waals surface area contributed by atoms with Gasteiger partial charge in [-0.15, -0.1) is 0 Å². The number of benzene rings is 2. The number of esters is 1. The number of hydrogen-bond donors (Lipinski definition) is 0. The van der Waals surface area contributed by atoms with Crippen molar-refractivity contribution in [1.29, 1.82) is 0 Å². The molecule has 0 bridgehead atoms. The molecule has 0 aliphatic carbocycles. The first-order valence-corrected chi connectivity index (χ1v) is 12.8. The lowest BCUT2D eigenvalue weighted by Crippen LogP contribution is -2.50. The van der Waals surface area contributed by atoms with E-state index in [-0.39, 0.29) is 42.7 Å². The van der Waals surface area contributed by atoms with Gasteiger partial charge in [0.15, 0.2) is 5.76 Å². The Hall–Kier alpha value is -3.50. The summed E-state index contributed by atoms with van der Waals surface area (Å²) in [6, 6.07) is 14.5. The highest BCUT2D eigenvalue weighted by molar-refractivity contribution is 7.89. The van der Waals surface area contributed by atoms with Crippen molar-refractivity contribution in [2.24, 2.45) is 0 Å². The van der Waals surface area contributed by atoms with Crippen LogP contribution in [-0.4, -0.2) is 60.8 Å². The summed E-state index contributed by atoms with van der Waals surface area (Å²) in [4.78, 5) is 27.5. The summed E-state index contributed by atoms with van der Waals surface area (Å²) >= 11 is 0. The molecule has 2 aliphatic rings. The predicted octanol–water partition coefficient (Wildman–Crippen LogP) is 2.89. The normalized spacial score (nSPS) is 18.7. The molecular weight excluding hydrogens is 470 g/mol. The fraction of sp³-hybridized carbons (Fsp3) is 0.320. The molecule has 1 amide bonds. The predicted molar refractivity (Wildman–Crippen MR) is 125 cm³/mol. The molecule has 35 heavy (non-hydrogen) atoms. The van der Waals surface area contributed by atoms with Crippen molar-refractivity contribution in [2.45, 2.75) is 31.3 Å². The highest BCUT2D eigenvalue weighted by Gasteiger charge is 2.35. The van der Waals surface area contributed by atoms with Crippen LogP contribution in [0, 0.1) is 13.8 Å². The van der Waals surface area contributed by atoms with Crippen LogP contribution in [0.25, 0.3) is 0 Å². The number of hydrogen-bond acceptors (Lipinski definition) is 7. The molecule has 0 N–H and O–H groups in total. The van der Waals surface area contributed by atoms with Crippen LogP contribution in [-0.2, 0) is 21.2 Å². The number of nitrogens with zero attached hydrogens (tertiary/aromatic N) is 3. The van der Waals surface area contributed by atoms with E-state index >= 15 is 0 Å². The molecule has 5 rings (SSSR count). The molecule has 2 aliphatic heterocycles. The van der Waals surface area contributed by atoms with Crippen LogP contribution in [0.1, 0.15) is 49.4 Å². The molecule has 1 fully saturated rings. The topological polar surface area (TPSA) is 110 Å². The summed E-state index contributed by atoms with van der Waals surface area (Å²) in [7, 11) is -3.76. The number of aryl methyl sites for hydroxylation is 2. The molecule has 182 valence electrons. The molecular formula is C25H25N3O6S. The SMILES string of the molecule is Cc1noc(C)c1S(=O)(=O)N1CCN(C(=O)c2ccc3c(c2)C[C@H](c2ccccc2)OC3=O)CC1. The van der Waals surface area contributed by atoms with Crippen molar-refractivity contribution in [3.8, 4) is 0 Å². The van der Waals surface area contributed by atoms with Gasteiger partial charge in [-0.3, -0.25) is 4.79 Å². The largest absolute Gasteiger partial charge is 0.454 e. The van der Waals surface area contributed by atoms with Crippen LogP contribution in [0.5, 0.6) is 0 Å². The molecule has 10 heteroatoms. The molecule has 0 saturated carbocycles. The molecule has 0 radical (unpaired) electrons. The van der Waals surface area contributed by atoms with E-state index in [0.29, 0.717) is 23.2 Å². The zero-order valence-corrected chi connectivity index (χ0v) is 20.2. The Balaban J connectivity index is 1.30. The summed E-state index contributed by atoms with van der Waals surface area (Å²) in [5, 5.41) is 3.75. The lowest BCUT2D eigenvalue weighted by molar-refractivity contribution is 0.0252. The first-order valence-electron chi connectivity index (χ1n) is 11.4. The summed E-state index contributed by atoms with van der Waals surface area (Å²) in [6.45, 7) is 4.02. The van der Waals surface area contributed by atoms with Gasteiger partial charge in [0.05, 0.1) is 5.56 Å². The maximum atomic E-state index is 13.2. The van der Waals surface area contributed by atoms with Gasteiger partial charge in [0.25, 0.3) is 5.91 Å². The summed E-state index contributed by atoms with van der Waals surface area (Å²) in [5.41, 5.74) is 2.92. The molecule has 0 unspecified atom stereocenters. The van der Waals surface area contributed by atoms with Crippen molar-refractivity contribution in [3.63, 3.8) is 0 Å². The minimum Gasteiger partial charge on any atom is -0.454 e. The van der Waals surface area contributed by atoms with Gasteiger partial charge < -0.3 is 14.2 Å². The van der Waals surface area contributed by atoms with Crippen LogP contribution in [0.15, 0.2) is 57.9 Å². The average molecular weight is 496 g/mol. The van der Waals surface area contributed by atoms with Gasteiger partial charge in [-0.2, -0.15) is 4.31 Å². The number of piperazine rings is 1. The second-order valence-electron chi connectivity index (χ2n) is 8.73. The third-order valence-corrected chi connectivity index (χ3v) is 8.63. The molecule has 2 aromatic carbocycles. The van der Waals surface area contributed by atoms with Crippen molar-refractivity contribution in [2.75, 3.05) is 26.2 Å². The number of carbonyl (C=O) groups is 2. The standard InChI is InChI=1S/C25H25N3O6S/c1-16-23(17(2)34-26-16)35(31,32)28-12-10-27(11-13-28)24(29)19-8-9-21-20(14-19)15-22(33-25(21)30)18-6-4-3-5-7-18/h3-9,14,22H,10-13,15H2,1-2H3/t22-/m1/s1. The van der Waals surface area contributed by atoms with Gasteiger partial charge in [-0.25, -0.2) is 13.2 Å². The quantitative estimate of drug-likeness (QED) is 0.512. The van der Waals surface area contributed by atoms with Gasteiger partial charge in [0, 0.05) is 38.2 Å². The zero-order chi connectivity index (χ0) is 24.7. The van der Waals surface area contributed by atoms with Crippen LogP contribution in [0.4, 0.5) is 0 Å². The third kappa shape index (κ3) is 4.23. The average Bonchev–Trinajstić information content (AvgIpc) is 3.22. The van der Waals surface area contributed by atoms with Crippen molar-refractivity contribution in [3.05, 3.63) is 82.2 Å². The van der Waals surface area contributed by atoms with Crippen LogP contribution >= 0.6 is 0 Å². The number of fused-ring (bicyclic) bond motifs is 1. The maximum absolute atomic E-state index is 13.2. The number of carbonyl (C=O) groups excluding carboxylic acids is 2. The van der Waals surface area contributed by atoms with Gasteiger partial charge in [0.1, 0.15) is 16.7 Å². The third-order valence-electron chi connectivity index (χ3n) is 6.49. The lowest BCUT2D eigenvalue weighted by Gasteiger charge is -2.34. The molecule has 1 aromatic heterocycles. The van der Waals surface area contributed by atoms with E-state index < -0.39 is 22.1 Å². The van der Waals surface area contributed by atoms with Gasteiger partial charge in [-0.05, 0) is 43.2 Å². The number of rotatable bonds is 4. The summed E-state index contributed by atoms with van der Waals surface area (Å²) < 4.78 is 38.1. The minimum absolute atomic E-state index is 0.0896. The monoisotopic (exact) mass is 495 g/mol. The Labute approximate surface area is 203 Å². The van der Waals surface area contributed by atoms with E-state index in [0.717, 1.165) is 11.1 Å². The van der Waals surface area contributed by atoms with E-state index in [1.54, 1.807) is 36.9 Å². The number of amides is 1. The van der Waals surface area contributed by atoms with Crippen LogP contribution < -0.4 is 0 Å². The van der Waals surface area contributed by atoms with Crippen LogP contribution in [0.3, 0.4) is 0 Å². The fourth-order valence-corrected chi connectivity index (χ4v) is 6.38. The van der Waals surface area contributed by atoms with E-state index in [1.165, 1.54) is 4.31 Å². The first-order chi connectivity index (χ1) is 16.8. The van der Waals surface area contributed by atoms with Gasteiger partial charge >= 0.3 is 5.97 Å². The van der Waals surface area contributed by atoms with Gasteiger partial charge in [0.2, 0.25) is 10.0 Å². The number of aromatic nitrogens is 1. The van der Waals surface area contributed by atoms with Crippen LogP contribution in [0.2, 0.25) is 0 Å². The van der Waals surface area contributed by atoms with E-state index in [1.807, 2.05) is 30.3 Å². The zero-order valence-electron chi connectivity index (χ0n) is 19.4. The Morgan fingerprint density at radius 2 is 1.74 bits per heavy atom. The Morgan fingerprint density at radius 1 is 1.03 bits per heavy atom. The Morgan fingerprint density at radius 3 is 2.40 bits per heavy atom. The van der Waals surface area contributed by atoms with Crippen molar-refractivity contribution >= 4 is 21.9 Å². The highest BCUT2D eigenvalue weighted by atomic mass is 32.2. The minimum atomic E-state index is -3.76. The molecule has 9 nitrogen and oxygen atoms in total. The van der Waals surface area contributed by atoms with Gasteiger partial charge in [-0.1, -0.05) is 35.5 Å². The molecule has 1 saturated heterocycles. The molecule has 0 spiro atoms. The number of ether oxygens (including phenoxy) is 1. The summed E-state index contributed by atoms with van der Waals surface area (Å²) in [5.74, 6) is -0.350. The highest BCUT2D eigenvalue weighted by Crippen LogP contribution is 2.31. The fourth-order valence-electron chi connectivity index (χ4n) is 4.67. The first kappa shape index (κ1) is 23.3. The molecule has 3 heterocycles. The number of sulfonamides is 1.